The molecule has 0 saturated carbocycles. The highest BCUT2D eigenvalue weighted by Crippen LogP contribution is 2.34. The largest absolute Gasteiger partial charge is 0.324 e. The van der Waals surface area contributed by atoms with Gasteiger partial charge in [-0.3, -0.25) is 0 Å². The molecular formula is C16H19FN2S. The van der Waals surface area contributed by atoms with E-state index in [2.05, 4.69) is 4.98 Å². The molecule has 0 fully saturated rings. The molecule has 2 rings (SSSR count). The summed E-state index contributed by atoms with van der Waals surface area (Å²) in [5, 5.41) is 0.912. The summed E-state index contributed by atoms with van der Waals surface area (Å²) in [7, 11) is 0. The summed E-state index contributed by atoms with van der Waals surface area (Å²) in [6.07, 6.45) is 0. The van der Waals surface area contributed by atoms with Gasteiger partial charge in [0, 0.05) is 16.6 Å². The highest BCUT2D eigenvalue weighted by atomic mass is 32.2. The van der Waals surface area contributed by atoms with Crippen LogP contribution in [0.2, 0.25) is 0 Å². The van der Waals surface area contributed by atoms with Crippen molar-refractivity contribution in [1.29, 1.82) is 0 Å². The fourth-order valence-corrected chi connectivity index (χ4v) is 3.34. The van der Waals surface area contributed by atoms with Gasteiger partial charge in [-0.05, 0) is 68.7 Å². The van der Waals surface area contributed by atoms with E-state index in [1.165, 1.54) is 23.4 Å². The predicted molar refractivity (Wildman–Crippen MR) is 81.6 cm³/mol. The molecule has 0 aliphatic carbocycles. The maximum atomic E-state index is 13.7. The molecule has 1 atom stereocenters. The lowest BCUT2D eigenvalue weighted by molar-refractivity contribution is 0.610. The zero-order valence-electron chi connectivity index (χ0n) is 12.2. The summed E-state index contributed by atoms with van der Waals surface area (Å²) in [5.41, 5.74) is 9.54. The number of nitrogens with two attached hydrogens (primary N) is 1. The Labute approximate surface area is 123 Å². The Hall–Kier alpha value is -1.39. The predicted octanol–water partition coefficient (Wildman–Crippen LogP) is 4.32. The third-order valence-electron chi connectivity index (χ3n) is 3.07. The van der Waals surface area contributed by atoms with Gasteiger partial charge in [0.25, 0.3) is 0 Å². The molecule has 0 spiro atoms. The molecule has 106 valence electrons. The molecule has 20 heavy (non-hydrogen) atoms. The Kier molecular flexibility index (Phi) is 4.45. The highest BCUT2D eigenvalue weighted by molar-refractivity contribution is 7.99. The number of rotatable bonds is 3. The number of pyridine rings is 1. The standard InChI is InChI=1S/C16H19FN2S/c1-9-5-11(3)19-16(6-9)20-15-7-10(2)14(17)8-13(15)12(4)18/h5-8,12H,18H2,1-4H3/t12-/m1/s1. The van der Waals surface area contributed by atoms with E-state index in [4.69, 9.17) is 5.73 Å². The Morgan fingerprint density at radius 2 is 1.85 bits per heavy atom. The zero-order chi connectivity index (χ0) is 14.9. The number of hydrogen-bond acceptors (Lipinski definition) is 3. The molecule has 4 heteroatoms. The first-order valence-electron chi connectivity index (χ1n) is 6.55. The van der Waals surface area contributed by atoms with Crippen LogP contribution in [0, 0.1) is 26.6 Å². The molecule has 1 aromatic carbocycles. The number of hydrogen-bond donors (Lipinski definition) is 1. The van der Waals surface area contributed by atoms with E-state index in [0.717, 1.165) is 21.2 Å². The van der Waals surface area contributed by atoms with E-state index < -0.39 is 0 Å². The maximum absolute atomic E-state index is 13.7. The third kappa shape index (κ3) is 3.38. The number of benzene rings is 1. The molecular weight excluding hydrogens is 271 g/mol. The van der Waals surface area contributed by atoms with Crippen LogP contribution in [0.4, 0.5) is 4.39 Å². The van der Waals surface area contributed by atoms with Crippen LogP contribution in [0.25, 0.3) is 0 Å². The summed E-state index contributed by atoms with van der Waals surface area (Å²) in [6.45, 7) is 7.64. The van der Waals surface area contributed by atoms with E-state index in [9.17, 15) is 4.39 Å². The van der Waals surface area contributed by atoms with Crippen molar-refractivity contribution in [3.8, 4) is 0 Å². The van der Waals surface area contributed by atoms with Gasteiger partial charge in [-0.2, -0.15) is 0 Å². The van der Waals surface area contributed by atoms with Crippen molar-refractivity contribution in [2.24, 2.45) is 5.73 Å². The monoisotopic (exact) mass is 290 g/mol. The second-order valence-corrected chi connectivity index (χ2v) is 6.22. The first-order valence-corrected chi connectivity index (χ1v) is 7.37. The van der Waals surface area contributed by atoms with Gasteiger partial charge >= 0.3 is 0 Å². The summed E-state index contributed by atoms with van der Waals surface area (Å²) in [5.74, 6) is -0.213. The van der Waals surface area contributed by atoms with E-state index in [1.807, 2.05) is 39.0 Å². The van der Waals surface area contributed by atoms with Gasteiger partial charge in [-0.25, -0.2) is 9.37 Å². The molecule has 0 bridgehead atoms. The van der Waals surface area contributed by atoms with Crippen LogP contribution in [0.15, 0.2) is 34.2 Å². The van der Waals surface area contributed by atoms with Crippen molar-refractivity contribution in [1.82, 2.24) is 4.98 Å². The Bertz CT molecular complexity index is 618. The van der Waals surface area contributed by atoms with E-state index in [1.54, 1.807) is 6.92 Å². The Balaban J connectivity index is 2.44. The lowest BCUT2D eigenvalue weighted by atomic mass is 10.1. The SMILES string of the molecule is Cc1cc(C)nc(Sc2cc(C)c(F)cc2[C@@H](C)N)c1. The molecule has 1 aromatic heterocycles. The second kappa shape index (κ2) is 5.94. The molecule has 0 aliphatic heterocycles. The van der Waals surface area contributed by atoms with Crippen LogP contribution >= 0.6 is 11.8 Å². The summed E-state index contributed by atoms with van der Waals surface area (Å²) >= 11 is 1.54. The van der Waals surface area contributed by atoms with Gasteiger partial charge in [0.2, 0.25) is 0 Å². The van der Waals surface area contributed by atoms with Crippen LogP contribution in [0.5, 0.6) is 0 Å². The van der Waals surface area contributed by atoms with E-state index in [0.29, 0.717) is 5.56 Å². The third-order valence-corrected chi connectivity index (χ3v) is 4.06. The molecule has 1 heterocycles. The molecule has 0 unspecified atom stereocenters. The zero-order valence-corrected chi connectivity index (χ0v) is 13.0. The maximum Gasteiger partial charge on any atom is 0.126 e. The van der Waals surface area contributed by atoms with Crippen molar-refractivity contribution in [3.63, 3.8) is 0 Å². The van der Waals surface area contributed by atoms with Crippen LogP contribution in [-0.4, -0.2) is 4.98 Å². The summed E-state index contributed by atoms with van der Waals surface area (Å²) in [6, 6.07) is 7.23. The average molecular weight is 290 g/mol. The highest BCUT2D eigenvalue weighted by Gasteiger charge is 2.13. The van der Waals surface area contributed by atoms with Gasteiger partial charge < -0.3 is 5.73 Å². The van der Waals surface area contributed by atoms with Crippen LogP contribution < -0.4 is 5.73 Å². The Morgan fingerprint density at radius 3 is 2.45 bits per heavy atom. The summed E-state index contributed by atoms with van der Waals surface area (Å²) < 4.78 is 13.7. The normalized spacial score (nSPS) is 12.5. The second-order valence-electron chi connectivity index (χ2n) is 5.15. The topological polar surface area (TPSA) is 38.9 Å². The fourth-order valence-electron chi connectivity index (χ4n) is 2.08. The van der Waals surface area contributed by atoms with Crippen molar-refractivity contribution in [2.45, 2.75) is 43.7 Å². The number of aryl methyl sites for hydroxylation is 3. The minimum atomic E-state index is -0.213. The first-order chi connectivity index (χ1) is 9.36. The van der Waals surface area contributed by atoms with Gasteiger partial charge in [0.15, 0.2) is 0 Å². The van der Waals surface area contributed by atoms with Crippen molar-refractivity contribution < 1.29 is 4.39 Å². The smallest absolute Gasteiger partial charge is 0.126 e. The minimum absolute atomic E-state index is 0.210. The van der Waals surface area contributed by atoms with Crippen molar-refractivity contribution in [3.05, 3.63) is 52.5 Å². The molecule has 2 nitrogen and oxygen atoms in total. The van der Waals surface area contributed by atoms with Crippen LogP contribution in [0.3, 0.4) is 0 Å². The first kappa shape index (κ1) is 15.0. The molecule has 2 N–H and O–H groups in total. The average Bonchev–Trinajstić information content (AvgIpc) is 2.31. The molecule has 0 saturated heterocycles. The molecule has 0 amide bonds. The lowest BCUT2D eigenvalue weighted by Crippen LogP contribution is -2.07. The number of nitrogens with zero attached hydrogens (tertiary/aromatic N) is 1. The summed E-state index contributed by atoms with van der Waals surface area (Å²) in [4.78, 5) is 5.48. The number of halogens is 1. The molecule has 2 aromatic rings. The quantitative estimate of drug-likeness (QED) is 0.915. The van der Waals surface area contributed by atoms with Crippen LogP contribution in [0.1, 0.15) is 35.3 Å². The molecule has 0 aliphatic rings. The van der Waals surface area contributed by atoms with Crippen LogP contribution in [-0.2, 0) is 0 Å². The van der Waals surface area contributed by atoms with Gasteiger partial charge in [-0.15, -0.1) is 0 Å². The van der Waals surface area contributed by atoms with Crippen molar-refractivity contribution in [2.75, 3.05) is 0 Å². The fraction of sp³-hybridized carbons (Fsp3) is 0.312. The van der Waals surface area contributed by atoms with Crippen molar-refractivity contribution >= 4 is 11.8 Å². The van der Waals surface area contributed by atoms with Gasteiger partial charge in [0.05, 0.1) is 0 Å². The minimum Gasteiger partial charge on any atom is -0.324 e. The Morgan fingerprint density at radius 1 is 1.15 bits per heavy atom. The lowest BCUT2D eigenvalue weighted by Gasteiger charge is -2.14. The number of aromatic nitrogens is 1. The van der Waals surface area contributed by atoms with E-state index >= 15 is 0 Å². The van der Waals surface area contributed by atoms with Gasteiger partial charge in [0.1, 0.15) is 10.8 Å². The molecule has 0 radical (unpaired) electrons. The van der Waals surface area contributed by atoms with E-state index in [-0.39, 0.29) is 11.9 Å². The van der Waals surface area contributed by atoms with Gasteiger partial charge in [-0.1, -0.05) is 11.8 Å².